The molecule has 0 spiro atoms. The minimum atomic E-state index is -0.457. The number of benzene rings is 1. The van der Waals surface area contributed by atoms with Crippen molar-refractivity contribution in [1.82, 2.24) is 5.32 Å². The molecular formula is C14H21NO3. The quantitative estimate of drug-likeness (QED) is 0.849. The molecule has 0 unspecified atom stereocenters. The normalized spacial score (nSPS) is 19.9. The second-order valence-electron chi connectivity index (χ2n) is 5.07. The van der Waals surface area contributed by atoms with Gasteiger partial charge < -0.3 is 19.9 Å². The van der Waals surface area contributed by atoms with Crippen LogP contribution >= 0.6 is 0 Å². The van der Waals surface area contributed by atoms with Crippen LogP contribution in [-0.4, -0.2) is 30.1 Å². The summed E-state index contributed by atoms with van der Waals surface area (Å²) < 4.78 is 11.2. The van der Waals surface area contributed by atoms with Crippen LogP contribution < -0.4 is 5.32 Å². The molecule has 0 aromatic heterocycles. The van der Waals surface area contributed by atoms with E-state index in [4.69, 9.17) is 14.6 Å². The lowest BCUT2D eigenvalue weighted by atomic mass is 10.1. The molecule has 1 saturated heterocycles. The maximum Gasteiger partial charge on any atom is 0.162 e. The lowest BCUT2D eigenvalue weighted by Crippen LogP contribution is -2.48. The molecule has 0 aliphatic carbocycles. The Balaban J connectivity index is 1.78. The molecule has 4 nitrogen and oxygen atoms in total. The van der Waals surface area contributed by atoms with Crippen LogP contribution in [-0.2, 0) is 22.6 Å². The molecular weight excluding hydrogens is 230 g/mol. The summed E-state index contributed by atoms with van der Waals surface area (Å²) >= 11 is 0. The fourth-order valence-corrected chi connectivity index (χ4v) is 1.83. The van der Waals surface area contributed by atoms with E-state index < -0.39 is 5.79 Å². The van der Waals surface area contributed by atoms with Crippen molar-refractivity contribution < 1.29 is 14.6 Å². The van der Waals surface area contributed by atoms with Gasteiger partial charge in [0.05, 0.1) is 25.9 Å². The van der Waals surface area contributed by atoms with Crippen molar-refractivity contribution in [3.63, 3.8) is 0 Å². The summed E-state index contributed by atoms with van der Waals surface area (Å²) in [5.41, 5.74) is 2.13. The van der Waals surface area contributed by atoms with Gasteiger partial charge in [-0.3, -0.25) is 0 Å². The second-order valence-corrected chi connectivity index (χ2v) is 5.07. The van der Waals surface area contributed by atoms with Crippen LogP contribution in [0.1, 0.15) is 25.0 Å². The average molecular weight is 251 g/mol. The lowest BCUT2D eigenvalue weighted by molar-refractivity contribution is -0.253. The largest absolute Gasteiger partial charge is 0.392 e. The minimum Gasteiger partial charge on any atom is -0.392 e. The Morgan fingerprint density at radius 1 is 1.17 bits per heavy atom. The number of nitrogens with one attached hydrogen (secondary N) is 1. The topological polar surface area (TPSA) is 50.7 Å². The molecule has 1 heterocycles. The van der Waals surface area contributed by atoms with Gasteiger partial charge >= 0.3 is 0 Å². The summed E-state index contributed by atoms with van der Waals surface area (Å²) in [5, 5.41) is 12.4. The first-order chi connectivity index (χ1) is 8.59. The second kappa shape index (κ2) is 5.80. The number of rotatable bonds is 4. The Kier molecular flexibility index (Phi) is 4.35. The molecule has 1 aliphatic heterocycles. The van der Waals surface area contributed by atoms with Crippen LogP contribution in [0.5, 0.6) is 0 Å². The first-order valence-electron chi connectivity index (χ1n) is 6.29. The maximum atomic E-state index is 8.96. The number of hydrogen-bond donors (Lipinski definition) is 2. The van der Waals surface area contributed by atoms with Crippen molar-refractivity contribution in [1.29, 1.82) is 0 Å². The molecule has 100 valence electrons. The summed E-state index contributed by atoms with van der Waals surface area (Å²) in [7, 11) is 0. The van der Waals surface area contributed by atoms with Crippen molar-refractivity contribution in [2.45, 2.75) is 38.8 Å². The van der Waals surface area contributed by atoms with Gasteiger partial charge in [0, 0.05) is 6.54 Å². The van der Waals surface area contributed by atoms with E-state index in [1.807, 2.05) is 38.1 Å². The standard InChI is InChI=1S/C14H21NO3/c1-14(2)17-9-13(10-18-14)15-7-11-3-5-12(8-16)6-4-11/h3-6,13,15-16H,7-10H2,1-2H3. The highest BCUT2D eigenvalue weighted by Crippen LogP contribution is 2.17. The lowest BCUT2D eigenvalue weighted by Gasteiger charge is -2.35. The van der Waals surface area contributed by atoms with Crippen LogP contribution in [0.3, 0.4) is 0 Å². The van der Waals surface area contributed by atoms with Crippen LogP contribution in [0.4, 0.5) is 0 Å². The third-order valence-electron chi connectivity index (χ3n) is 3.06. The molecule has 0 atom stereocenters. The number of ether oxygens (including phenoxy) is 2. The van der Waals surface area contributed by atoms with Gasteiger partial charge in [0.25, 0.3) is 0 Å². The molecule has 1 aromatic carbocycles. The van der Waals surface area contributed by atoms with Gasteiger partial charge in [-0.2, -0.15) is 0 Å². The predicted octanol–water partition coefficient (Wildman–Crippen LogP) is 1.42. The van der Waals surface area contributed by atoms with E-state index >= 15 is 0 Å². The minimum absolute atomic E-state index is 0.0904. The number of hydrogen-bond acceptors (Lipinski definition) is 4. The van der Waals surface area contributed by atoms with E-state index in [0.717, 1.165) is 12.1 Å². The Morgan fingerprint density at radius 3 is 2.28 bits per heavy atom. The SMILES string of the molecule is CC1(C)OCC(NCc2ccc(CO)cc2)CO1. The average Bonchev–Trinajstić information content (AvgIpc) is 2.38. The zero-order chi connectivity index (χ0) is 13.0. The summed E-state index contributed by atoms with van der Waals surface area (Å²) in [5.74, 6) is -0.457. The van der Waals surface area contributed by atoms with E-state index in [-0.39, 0.29) is 12.6 Å². The molecule has 4 heteroatoms. The Hall–Kier alpha value is -0.940. The highest BCUT2D eigenvalue weighted by Gasteiger charge is 2.27. The molecule has 0 saturated carbocycles. The van der Waals surface area contributed by atoms with E-state index in [9.17, 15) is 0 Å². The van der Waals surface area contributed by atoms with Crippen molar-refractivity contribution >= 4 is 0 Å². The molecule has 0 radical (unpaired) electrons. The first kappa shape index (κ1) is 13.5. The van der Waals surface area contributed by atoms with Gasteiger partial charge in [0.1, 0.15) is 0 Å². The number of aliphatic hydroxyl groups excluding tert-OH is 1. The van der Waals surface area contributed by atoms with Gasteiger partial charge in [-0.05, 0) is 25.0 Å². The van der Waals surface area contributed by atoms with Gasteiger partial charge in [-0.1, -0.05) is 24.3 Å². The molecule has 0 bridgehead atoms. The van der Waals surface area contributed by atoms with Gasteiger partial charge in [-0.15, -0.1) is 0 Å². The first-order valence-corrected chi connectivity index (χ1v) is 6.29. The van der Waals surface area contributed by atoms with E-state index in [2.05, 4.69) is 5.32 Å². The van der Waals surface area contributed by atoms with Gasteiger partial charge in [0.15, 0.2) is 5.79 Å². The highest BCUT2D eigenvalue weighted by molar-refractivity contribution is 5.21. The Labute approximate surface area is 108 Å². The number of aliphatic hydroxyl groups is 1. The highest BCUT2D eigenvalue weighted by atomic mass is 16.7. The summed E-state index contributed by atoms with van der Waals surface area (Å²) in [6.45, 7) is 6.06. The van der Waals surface area contributed by atoms with Gasteiger partial charge in [-0.25, -0.2) is 0 Å². The van der Waals surface area contributed by atoms with Gasteiger partial charge in [0.2, 0.25) is 0 Å². The Bertz CT molecular complexity index is 365. The third-order valence-corrected chi connectivity index (χ3v) is 3.06. The molecule has 2 N–H and O–H groups in total. The van der Waals surface area contributed by atoms with Crippen LogP contribution in [0.2, 0.25) is 0 Å². The molecule has 1 aliphatic rings. The van der Waals surface area contributed by atoms with Crippen molar-refractivity contribution in [2.24, 2.45) is 0 Å². The molecule has 2 rings (SSSR count). The zero-order valence-corrected chi connectivity index (χ0v) is 11.0. The van der Waals surface area contributed by atoms with Crippen molar-refractivity contribution in [2.75, 3.05) is 13.2 Å². The predicted molar refractivity (Wildman–Crippen MR) is 69.0 cm³/mol. The molecule has 1 aromatic rings. The Morgan fingerprint density at radius 2 is 1.72 bits per heavy atom. The van der Waals surface area contributed by atoms with E-state index in [1.165, 1.54) is 5.56 Å². The van der Waals surface area contributed by atoms with E-state index in [0.29, 0.717) is 13.2 Å². The van der Waals surface area contributed by atoms with Crippen LogP contribution in [0.15, 0.2) is 24.3 Å². The van der Waals surface area contributed by atoms with E-state index in [1.54, 1.807) is 0 Å². The van der Waals surface area contributed by atoms with Crippen LogP contribution in [0.25, 0.3) is 0 Å². The fourth-order valence-electron chi connectivity index (χ4n) is 1.83. The van der Waals surface area contributed by atoms with Crippen LogP contribution in [0, 0.1) is 0 Å². The fraction of sp³-hybridized carbons (Fsp3) is 0.571. The summed E-state index contributed by atoms with van der Waals surface area (Å²) in [6.07, 6.45) is 0. The zero-order valence-electron chi connectivity index (χ0n) is 11.0. The molecule has 18 heavy (non-hydrogen) atoms. The van der Waals surface area contributed by atoms with Crippen molar-refractivity contribution in [3.05, 3.63) is 35.4 Å². The smallest absolute Gasteiger partial charge is 0.162 e. The summed E-state index contributed by atoms with van der Waals surface area (Å²) in [4.78, 5) is 0. The third kappa shape index (κ3) is 3.78. The monoisotopic (exact) mass is 251 g/mol. The maximum absolute atomic E-state index is 8.96. The summed E-state index contributed by atoms with van der Waals surface area (Å²) in [6, 6.07) is 8.15. The van der Waals surface area contributed by atoms with Crippen molar-refractivity contribution in [3.8, 4) is 0 Å². The molecule has 1 fully saturated rings. The molecule has 0 amide bonds.